The van der Waals surface area contributed by atoms with Crippen molar-refractivity contribution in [1.82, 2.24) is 10.2 Å². The van der Waals surface area contributed by atoms with Gasteiger partial charge in [0.05, 0.1) is 25.8 Å². The number of aryl methyl sites for hydroxylation is 1. The number of hydrogen-bond acceptors (Lipinski definition) is 4. The van der Waals surface area contributed by atoms with Crippen molar-refractivity contribution in [2.75, 3.05) is 32.8 Å². The van der Waals surface area contributed by atoms with Gasteiger partial charge in [0.25, 0.3) is 0 Å². The molecule has 1 aliphatic rings. The second-order valence-electron chi connectivity index (χ2n) is 5.64. The van der Waals surface area contributed by atoms with E-state index < -0.39 is 0 Å². The topological polar surface area (TPSA) is 76.0 Å². The standard InChI is InChI=1S/C15H26N4O2/c1-11(2)18-15(16)17-10-13(14-5-4-12(3)21-14)19-6-8-20-9-7-19/h4-5,11,13H,6-10H2,1-3H3,(H3,16,17,18). The van der Waals surface area contributed by atoms with Crippen molar-refractivity contribution >= 4 is 5.96 Å². The van der Waals surface area contributed by atoms with Gasteiger partial charge in [-0.05, 0) is 32.9 Å². The molecule has 1 fully saturated rings. The molecule has 0 aromatic carbocycles. The number of morpholine rings is 1. The van der Waals surface area contributed by atoms with Crippen LogP contribution in [0.1, 0.15) is 31.4 Å². The molecule has 0 spiro atoms. The summed E-state index contributed by atoms with van der Waals surface area (Å²) in [5.74, 6) is 2.34. The lowest BCUT2D eigenvalue weighted by Gasteiger charge is -2.32. The Hall–Kier alpha value is -1.53. The molecule has 1 aromatic rings. The van der Waals surface area contributed by atoms with E-state index >= 15 is 0 Å². The summed E-state index contributed by atoms with van der Waals surface area (Å²) in [7, 11) is 0. The molecule has 1 aromatic heterocycles. The highest BCUT2D eigenvalue weighted by molar-refractivity contribution is 5.78. The highest BCUT2D eigenvalue weighted by Gasteiger charge is 2.25. The largest absolute Gasteiger partial charge is 0.465 e. The van der Waals surface area contributed by atoms with Crippen molar-refractivity contribution in [3.63, 3.8) is 0 Å². The van der Waals surface area contributed by atoms with Crippen LogP contribution in [0.15, 0.2) is 21.5 Å². The van der Waals surface area contributed by atoms with Gasteiger partial charge in [-0.2, -0.15) is 0 Å². The Morgan fingerprint density at radius 1 is 1.38 bits per heavy atom. The fourth-order valence-electron chi connectivity index (χ4n) is 2.43. The fraction of sp³-hybridized carbons (Fsp3) is 0.667. The first kappa shape index (κ1) is 15.9. The van der Waals surface area contributed by atoms with Crippen molar-refractivity contribution in [2.24, 2.45) is 10.7 Å². The lowest BCUT2D eigenvalue weighted by atomic mass is 10.1. The molecule has 2 heterocycles. The van der Waals surface area contributed by atoms with Crippen LogP contribution < -0.4 is 11.1 Å². The molecule has 1 aliphatic heterocycles. The summed E-state index contributed by atoms with van der Waals surface area (Å²) >= 11 is 0. The molecule has 118 valence electrons. The zero-order chi connectivity index (χ0) is 15.2. The number of rotatable bonds is 5. The second-order valence-corrected chi connectivity index (χ2v) is 5.64. The minimum absolute atomic E-state index is 0.107. The van der Waals surface area contributed by atoms with Crippen LogP contribution in [-0.2, 0) is 4.74 Å². The summed E-state index contributed by atoms with van der Waals surface area (Å²) in [6, 6.07) is 4.40. The van der Waals surface area contributed by atoms with Gasteiger partial charge >= 0.3 is 0 Å². The first-order valence-electron chi connectivity index (χ1n) is 7.51. The first-order valence-corrected chi connectivity index (χ1v) is 7.51. The predicted octanol–water partition coefficient (Wildman–Crippen LogP) is 1.27. The van der Waals surface area contributed by atoms with Crippen molar-refractivity contribution in [2.45, 2.75) is 32.9 Å². The summed E-state index contributed by atoms with van der Waals surface area (Å²) in [4.78, 5) is 6.81. The highest BCUT2D eigenvalue weighted by Crippen LogP contribution is 2.24. The number of nitrogens with one attached hydrogen (secondary N) is 1. The number of aliphatic imine (C=N–C) groups is 1. The number of ether oxygens (including phenoxy) is 1. The van der Waals surface area contributed by atoms with Crippen LogP contribution >= 0.6 is 0 Å². The Morgan fingerprint density at radius 2 is 2.10 bits per heavy atom. The molecular weight excluding hydrogens is 268 g/mol. The maximum atomic E-state index is 5.90. The van der Waals surface area contributed by atoms with E-state index in [4.69, 9.17) is 14.9 Å². The van der Waals surface area contributed by atoms with Gasteiger partial charge in [-0.25, -0.2) is 0 Å². The lowest BCUT2D eigenvalue weighted by molar-refractivity contribution is 0.0135. The van der Waals surface area contributed by atoms with E-state index in [1.165, 1.54) is 0 Å². The van der Waals surface area contributed by atoms with Crippen molar-refractivity contribution < 1.29 is 9.15 Å². The number of nitrogens with two attached hydrogens (primary N) is 1. The first-order chi connectivity index (χ1) is 10.1. The van der Waals surface area contributed by atoms with Crippen LogP contribution in [0.2, 0.25) is 0 Å². The van der Waals surface area contributed by atoms with Gasteiger partial charge in [0.15, 0.2) is 5.96 Å². The average Bonchev–Trinajstić information content (AvgIpc) is 2.86. The molecule has 0 radical (unpaired) electrons. The molecule has 6 heteroatoms. The van der Waals surface area contributed by atoms with Gasteiger partial charge in [0, 0.05) is 19.1 Å². The van der Waals surface area contributed by atoms with Gasteiger partial charge in [-0.15, -0.1) is 0 Å². The molecule has 1 unspecified atom stereocenters. The third-order valence-electron chi connectivity index (χ3n) is 3.45. The van der Waals surface area contributed by atoms with E-state index in [2.05, 4.69) is 15.2 Å². The average molecular weight is 294 g/mol. The fourth-order valence-corrected chi connectivity index (χ4v) is 2.43. The third-order valence-corrected chi connectivity index (χ3v) is 3.45. The Balaban J connectivity index is 2.08. The molecular formula is C15H26N4O2. The molecule has 0 bridgehead atoms. The van der Waals surface area contributed by atoms with Crippen molar-refractivity contribution in [3.05, 3.63) is 23.7 Å². The molecule has 6 nitrogen and oxygen atoms in total. The smallest absolute Gasteiger partial charge is 0.188 e. The van der Waals surface area contributed by atoms with Gasteiger partial charge in [-0.3, -0.25) is 9.89 Å². The molecule has 0 aliphatic carbocycles. The normalized spacial score (nSPS) is 19.0. The molecule has 0 amide bonds. The van der Waals surface area contributed by atoms with Gasteiger partial charge in [-0.1, -0.05) is 0 Å². The van der Waals surface area contributed by atoms with E-state index in [1.54, 1.807) is 0 Å². The molecule has 21 heavy (non-hydrogen) atoms. The van der Waals surface area contributed by atoms with Crippen LogP contribution in [0, 0.1) is 6.92 Å². The number of guanidine groups is 1. The minimum atomic E-state index is 0.107. The zero-order valence-corrected chi connectivity index (χ0v) is 13.1. The van der Waals surface area contributed by atoms with Gasteiger partial charge in [0.2, 0.25) is 0 Å². The molecule has 1 saturated heterocycles. The molecule has 2 rings (SSSR count). The monoisotopic (exact) mass is 294 g/mol. The maximum Gasteiger partial charge on any atom is 0.188 e. The summed E-state index contributed by atoms with van der Waals surface area (Å²) in [6.07, 6.45) is 0. The Morgan fingerprint density at radius 3 is 2.67 bits per heavy atom. The molecule has 0 saturated carbocycles. The predicted molar refractivity (Wildman–Crippen MR) is 83.3 cm³/mol. The summed E-state index contributed by atoms with van der Waals surface area (Å²) in [5.41, 5.74) is 5.90. The number of nitrogens with zero attached hydrogens (tertiary/aromatic N) is 2. The number of furan rings is 1. The van der Waals surface area contributed by atoms with Crippen LogP contribution in [0.3, 0.4) is 0 Å². The highest BCUT2D eigenvalue weighted by atomic mass is 16.5. The van der Waals surface area contributed by atoms with Gasteiger partial charge in [0.1, 0.15) is 11.5 Å². The minimum Gasteiger partial charge on any atom is -0.465 e. The van der Waals surface area contributed by atoms with E-state index in [-0.39, 0.29) is 12.1 Å². The van der Waals surface area contributed by atoms with Crippen molar-refractivity contribution in [1.29, 1.82) is 0 Å². The van der Waals surface area contributed by atoms with Crippen LogP contribution in [0.25, 0.3) is 0 Å². The van der Waals surface area contributed by atoms with E-state index in [0.29, 0.717) is 12.5 Å². The maximum absolute atomic E-state index is 5.90. The third kappa shape index (κ3) is 4.75. The summed E-state index contributed by atoms with van der Waals surface area (Å²) in [5, 5.41) is 3.11. The van der Waals surface area contributed by atoms with Crippen LogP contribution in [0.5, 0.6) is 0 Å². The van der Waals surface area contributed by atoms with E-state index in [1.807, 2.05) is 32.9 Å². The van der Waals surface area contributed by atoms with E-state index in [0.717, 1.165) is 37.8 Å². The lowest BCUT2D eigenvalue weighted by Crippen LogP contribution is -2.41. The van der Waals surface area contributed by atoms with Gasteiger partial charge < -0.3 is 20.2 Å². The Labute approximate surface area is 126 Å². The SMILES string of the molecule is Cc1ccc(C(CN=C(N)NC(C)C)N2CCOCC2)o1. The quantitative estimate of drug-likeness (QED) is 0.632. The van der Waals surface area contributed by atoms with Crippen LogP contribution in [-0.4, -0.2) is 49.7 Å². The number of hydrogen-bond donors (Lipinski definition) is 2. The zero-order valence-electron chi connectivity index (χ0n) is 13.1. The summed E-state index contributed by atoms with van der Waals surface area (Å²) < 4.78 is 11.2. The molecule has 1 atom stereocenters. The van der Waals surface area contributed by atoms with Crippen LogP contribution in [0.4, 0.5) is 0 Å². The van der Waals surface area contributed by atoms with E-state index in [9.17, 15) is 0 Å². The summed E-state index contributed by atoms with van der Waals surface area (Å²) in [6.45, 7) is 9.89. The second kappa shape index (κ2) is 7.47. The Bertz CT molecular complexity index is 464. The van der Waals surface area contributed by atoms with Crippen molar-refractivity contribution in [3.8, 4) is 0 Å². The molecule has 3 N–H and O–H groups in total. The Kier molecular flexibility index (Phi) is 5.64.